The van der Waals surface area contributed by atoms with Gasteiger partial charge in [0.2, 0.25) is 11.6 Å². The molecule has 0 spiro atoms. The topological polar surface area (TPSA) is 66.0 Å². The van der Waals surface area contributed by atoms with Crippen LogP contribution >= 0.6 is 0 Å². The van der Waals surface area contributed by atoms with Crippen molar-refractivity contribution in [3.05, 3.63) is 96.4 Å². The highest BCUT2D eigenvalue weighted by molar-refractivity contribution is 5.99. The first-order chi connectivity index (χ1) is 17.6. The number of benzene rings is 3. The van der Waals surface area contributed by atoms with Crippen LogP contribution in [0.25, 0.3) is 38.5 Å². The number of H-pyrrole nitrogens is 1. The van der Waals surface area contributed by atoms with E-state index in [2.05, 4.69) is 88.6 Å². The lowest BCUT2D eigenvalue weighted by atomic mass is 9.89. The SMILES string of the molecule is CN1CCC(c2c[nH]c3ccc(-[n+]4ccc(-c5ccc(CC(N)=O)c6ccccc56)cc4)cc23)CC1. The highest BCUT2D eigenvalue weighted by atomic mass is 16.1. The fourth-order valence-corrected chi connectivity index (χ4v) is 5.68. The summed E-state index contributed by atoms with van der Waals surface area (Å²) in [5, 5.41) is 3.53. The Morgan fingerprint density at radius 2 is 1.72 bits per heavy atom. The smallest absolute Gasteiger partial charge is 0.221 e. The van der Waals surface area contributed by atoms with Gasteiger partial charge in [-0.3, -0.25) is 4.79 Å². The minimum atomic E-state index is -0.313. The van der Waals surface area contributed by atoms with Crippen molar-refractivity contribution in [2.45, 2.75) is 25.2 Å². The van der Waals surface area contributed by atoms with Gasteiger partial charge in [-0.15, -0.1) is 0 Å². The molecule has 3 heterocycles. The van der Waals surface area contributed by atoms with Crippen molar-refractivity contribution in [2.24, 2.45) is 5.73 Å². The summed E-state index contributed by atoms with van der Waals surface area (Å²) in [5.74, 6) is 0.301. The fraction of sp³-hybridized carbons (Fsp3) is 0.226. The minimum absolute atomic E-state index is 0.247. The van der Waals surface area contributed by atoms with E-state index in [9.17, 15) is 4.79 Å². The third-order valence-electron chi connectivity index (χ3n) is 7.67. The Hall–Kier alpha value is -3.96. The molecule has 1 amide bonds. The first-order valence-electron chi connectivity index (χ1n) is 12.7. The van der Waals surface area contributed by atoms with Gasteiger partial charge in [-0.25, -0.2) is 0 Å². The van der Waals surface area contributed by atoms with Crippen molar-refractivity contribution in [3.63, 3.8) is 0 Å². The van der Waals surface area contributed by atoms with Crippen molar-refractivity contribution in [1.29, 1.82) is 0 Å². The Bertz CT molecular complexity index is 1560. The number of carbonyl (C=O) groups excluding carboxylic acids is 1. The average molecular weight is 476 g/mol. The highest BCUT2D eigenvalue weighted by Gasteiger charge is 2.22. The second kappa shape index (κ2) is 9.25. The molecule has 0 saturated carbocycles. The maximum Gasteiger partial charge on any atom is 0.221 e. The summed E-state index contributed by atoms with van der Waals surface area (Å²) in [6, 6.07) is 23.3. The molecule has 5 nitrogen and oxygen atoms in total. The molecule has 0 bridgehead atoms. The van der Waals surface area contributed by atoms with Crippen LogP contribution in [-0.2, 0) is 11.2 Å². The Morgan fingerprint density at radius 3 is 2.47 bits per heavy atom. The fourth-order valence-electron chi connectivity index (χ4n) is 5.68. The molecule has 5 heteroatoms. The molecule has 0 aliphatic carbocycles. The number of nitrogens with one attached hydrogen (secondary N) is 1. The largest absolute Gasteiger partial charge is 0.369 e. The molecule has 2 aromatic heterocycles. The summed E-state index contributed by atoms with van der Waals surface area (Å²) in [7, 11) is 2.21. The number of rotatable bonds is 5. The van der Waals surface area contributed by atoms with E-state index in [0.717, 1.165) is 46.2 Å². The van der Waals surface area contributed by atoms with E-state index in [0.29, 0.717) is 5.92 Å². The van der Waals surface area contributed by atoms with Gasteiger partial charge in [-0.1, -0.05) is 36.4 Å². The number of likely N-dealkylation sites (tertiary alicyclic amines) is 1. The molecule has 36 heavy (non-hydrogen) atoms. The highest BCUT2D eigenvalue weighted by Crippen LogP contribution is 2.34. The van der Waals surface area contributed by atoms with Crippen LogP contribution in [0.1, 0.15) is 29.9 Å². The van der Waals surface area contributed by atoms with Gasteiger partial charge in [-0.2, -0.15) is 4.57 Å². The molecule has 180 valence electrons. The van der Waals surface area contributed by atoms with E-state index in [-0.39, 0.29) is 12.3 Å². The van der Waals surface area contributed by atoms with Crippen molar-refractivity contribution in [3.8, 4) is 16.8 Å². The number of pyridine rings is 1. The van der Waals surface area contributed by atoms with Crippen LogP contribution in [0.2, 0.25) is 0 Å². The molecular weight excluding hydrogens is 444 g/mol. The molecule has 1 fully saturated rings. The summed E-state index contributed by atoms with van der Waals surface area (Å²) in [5.41, 5.74) is 12.5. The van der Waals surface area contributed by atoms with Crippen LogP contribution in [-0.4, -0.2) is 35.9 Å². The molecule has 5 aromatic rings. The molecule has 6 rings (SSSR count). The zero-order valence-corrected chi connectivity index (χ0v) is 20.6. The molecule has 1 saturated heterocycles. The molecule has 3 N–H and O–H groups in total. The van der Waals surface area contributed by atoms with Crippen molar-refractivity contribution in [2.75, 3.05) is 20.1 Å². The molecular formula is C31H31N4O+. The number of amides is 1. The Morgan fingerprint density at radius 1 is 0.972 bits per heavy atom. The number of hydrogen-bond acceptors (Lipinski definition) is 2. The van der Waals surface area contributed by atoms with E-state index in [1.54, 1.807) is 0 Å². The normalized spacial score (nSPS) is 15.0. The number of nitrogens with zero attached hydrogens (tertiary/aromatic N) is 2. The number of nitrogens with two attached hydrogens (primary N) is 1. The van der Waals surface area contributed by atoms with E-state index in [1.807, 2.05) is 18.2 Å². The van der Waals surface area contributed by atoms with E-state index < -0.39 is 0 Å². The Labute approximate surface area is 211 Å². The van der Waals surface area contributed by atoms with Gasteiger partial charge in [0.15, 0.2) is 12.4 Å². The van der Waals surface area contributed by atoms with Crippen LogP contribution in [0.15, 0.2) is 85.3 Å². The summed E-state index contributed by atoms with van der Waals surface area (Å²) >= 11 is 0. The zero-order valence-electron chi connectivity index (χ0n) is 20.6. The maximum atomic E-state index is 11.5. The van der Waals surface area contributed by atoms with Gasteiger partial charge in [0.25, 0.3) is 0 Å². The summed E-state index contributed by atoms with van der Waals surface area (Å²) in [6.45, 7) is 2.32. The van der Waals surface area contributed by atoms with E-state index in [1.165, 1.54) is 29.3 Å². The van der Waals surface area contributed by atoms with E-state index >= 15 is 0 Å². The standard InChI is InChI=1S/C31H30N4O/c1-34-14-10-22(11-15-34)29-20-33-30-9-7-24(19-28(29)30)35-16-12-21(13-17-35)26-8-6-23(18-31(32)36)25-4-2-3-5-27(25)26/h2-9,12-13,16-17,19-20,22,33H,10-11,14-15,18H2,1H3,(H-,32,36)/p+1. The number of primary amides is 1. The molecule has 3 aromatic carbocycles. The second-order valence-corrected chi connectivity index (χ2v) is 10.0. The van der Waals surface area contributed by atoms with Crippen molar-refractivity contribution >= 4 is 27.6 Å². The van der Waals surface area contributed by atoms with Crippen LogP contribution in [0.4, 0.5) is 0 Å². The summed E-state index contributed by atoms with van der Waals surface area (Å²) in [6.07, 6.45) is 9.14. The number of aromatic nitrogens is 2. The first kappa shape index (κ1) is 22.5. The lowest BCUT2D eigenvalue weighted by Crippen LogP contribution is -2.29. The number of hydrogen-bond donors (Lipinski definition) is 2. The first-order valence-corrected chi connectivity index (χ1v) is 12.7. The predicted octanol–water partition coefficient (Wildman–Crippen LogP) is 5.10. The zero-order chi connectivity index (χ0) is 24.6. The number of carbonyl (C=O) groups is 1. The van der Waals surface area contributed by atoms with Gasteiger partial charge in [0, 0.05) is 41.4 Å². The number of aromatic amines is 1. The lowest BCUT2D eigenvalue weighted by molar-refractivity contribution is -0.595. The summed E-state index contributed by atoms with van der Waals surface area (Å²) in [4.78, 5) is 17.5. The predicted molar refractivity (Wildman–Crippen MR) is 145 cm³/mol. The van der Waals surface area contributed by atoms with Gasteiger partial charge >= 0.3 is 0 Å². The third kappa shape index (κ3) is 4.16. The molecule has 0 unspecified atom stereocenters. The summed E-state index contributed by atoms with van der Waals surface area (Å²) < 4.78 is 2.18. The van der Waals surface area contributed by atoms with Gasteiger partial charge in [-0.05, 0) is 78.0 Å². The third-order valence-corrected chi connectivity index (χ3v) is 7.67. The quantitative estimate of drug-likeness (QED) is 0.347. The molecule has 0 radical (unpaired) electrons. The van der Waals surface area contributed by atoms with Crippen LogP contribution < -0.4 is 10.3 Å². The van der Waals surface area contributed by atoms with Crippen LogP contribution in [0.3, 0.4) is 0 Å². The monoisotopic (exact) mass is 475 g/mol. The lowest BCUT2D eigenvalue weighted by Gasteiger charge is -2.28. The van der Waals surface area contributed by atoms with E-state index in [4.69, 9.17) is 5.73 Å². The molecule has 1 aliphatic heterocycles. The minimum Gasteiger partial charge on any atom is -0.369 e. The number of fused-ring (bicyclic) bond motifs is 2. The number of piperidine rings is 1. The van der Waals surface area contributed by atoms with Crippen molar-refractivity contribution < 1.29 is 9.36 Å². The van der Waals surface area contributed by atoms with Crippen LogP contribution in [0, 0.1) is 0 Å². The average Bonchev–Trinajstić information content (AvgIpc) is 3.33. The van der Waals surface area contributed by atoms with Gasteiger partial charge in [0.1, 0.15) is 0 Å². The Balaban J connectivity index is 1.33. The van der Waals surface area contributed by atoms with Gasteiger partial charge in [0.05, 0.1) is 6.42 Å². The van der Waals surface area contributed by atoms with Gasteiger partial charge < -0.3 is 15.6 Å². The molecule has 1 aliphatic rings. The maximum absolute atomic E-state index is 11.5. The second-order valence-electron chi connectivity index (χ2n) is 10.0. The van der Waals surface area contributed by atoms with Crippen molar-refractivity contribution in [1.82, 2.24) is 9.88 Å². The van der Waals surface area contributed by atoms with Crippen LogP contribution in [0.5, 0.6) is 0 Å². The molecule has 0 atom stereocenters. The Kier molecular flexibility index (Phi) is 5.78.